The first-order valence-electron chi connectivity index (χ1n) is 11.1. The zero-order valence-corrected chi connectivity index (χ0v) is 19.6. The molecule has 1 aliphatic heterocycles. The van der Waals surface area contributed by atoms with E-state index in [4.69, 9.17) is 14.2 Å². The van der Waals surface area contributed by atoms with Crippen LogP contribution in [0.1, 0.15) is 24.2 Å². The second-order valence-electron chi connectivity index (χ2n) is 7.81. The van der Waals surface area contributed by atoms with Crippen LogP contribution in [-0.2, 0) is 14.3 Å². The third-order valence-electron chi connectivity index (χ3n) is 5.53. The summed E-state index contributed by atoms with van der Waals surface area (Å²) in [6, 6.07) is 15.2. The molecule has 1 atom stereocenters. The molecule has 0 fully saturated rings. The van der Waals surface area contributed by atoms with Crippen LogP contribution in [0.2, 0.25) is 0 Å². The number of amides is 2. The van der Waals surface area contributed by atoms with Crippen molar-refractivity contribution >= 4 is 28.9 Å². The van der Waals surface area contributed by atoms with Crippen LogP contribution in [0.3, 0.4) is 0 Å². The summed E-state index contributed by atoms with van der Waals surface area (Å²) in [7, 11) is 1.59. The fraction of sp³-hybridized carbons (Fsp3) is 0.231. The van der Waals surface area contributed by atoms with Gasteiger partial charge < -0.3 is 24.8 Å². The summed E-state index contributed by atoms with van der Waals surface area (Å²) in [6.45, 7) is 3.21. The number of carbonyl (C=O) groups is 3. The number of benzene rings is 2. The molecule has 0 aliphatic carbocycles. The number of nitrogens with one attached hydrogen (secondary N) is 2. The lowest BCUT2D eigenvalue weighted by molar-refractivity contribution is -0.139. The van der Waals surface area contributed by atoms with E-state index in [0.717, 1.165) is 5.56 Å². The highest BCUT2D eigenvalue weighted by Gasteiger charge is 2.30. The first-order chi connectivity index (χ1) is 16.9. The lowest BCUT2D eigenvalue weighted by atomic mass is 10.0. The molecule has 3 aromatic rings. The Balaban J connectivity index is 1.67. The molecule has 1 aliphatic rings. The van der Waals surface area contributed by atoms with E-state index < -0.39 is 24.0 Å². The third kappa shape index (κ3) is 5.08. The Bertz CT molecular complexity index is 1320. The molecule has 2 heterocycles. The summed E-state index contributed by atoms with van der Waals surface area (Å²) >= 11 is 0. The average molecular weight is 476 g/mol. The molecule has 0 spiro atoms. The van der Waals surface area contributed by atoms with Gasteiger partial charge in [0.2, 0.25) is 0 Å². The van der Waals surface area contributed by atoms with Crippen LogP contribution >= 0.6 is 0 Å². The monoisotopic (exact) mass is 475 g/mol. The number of nitrogens with zero attached hydrogens (tertiary/aromatic N) is 1. The number of fused-ring (bicyclic) bond motifs is 1. The van der Waals surface area contributed by atoms with Gasteiger partial charge in [-0.15, -0.1) is 0 Å². The van der Waals surface area contributed by atoms with E-state index in [1.807, 2.05) is 42.5 Å². The second-order valence-corrected chi connectivity index (χ2v) is 7.81. The van der Waals surface area contributed by atoms with Crippen LogP contribution in [-0.4, -0.2) is 49.3 Å². The van der Waals surface area contributed by atoms with Crippen LogP contribution in [0.25, 0.3) is 22.2 Å². The Labute approximate surface area is 202 Å². The third-order valence-corrected chi connectivity index (χ3v) is 5.53. The lowest BCUT2D eigenvalue weighted by Crippen LogP contribution is -2.50. The summed E-state index contributed by atoms with van der Waals surface area (Å²) in [6.07, 6.45) is 0. The fourth-order valence-corrected chi connectivity index (χ4v) is 3.86. The Morgan fingerprint density at radius 2 is 1.77 bits per heavy atom. The van der Waals surface area contributed by atoms with Gasteiger partial charge in [0.25, 0.3) is 0 Å². The van der Waals surface area contributed by atoms with Crippen molar-refractivity contribution in [1.82, 2.24) is 15.6 Å². The van der Waals surface area contributed by atoms with Crippen molar-refractivity contribution in [3.8, 4) is 17.0 Å². The predicted octanol–water partition coefficient (Wildman–Crippen LogP) is 3.59. The summed E-state index contributed by atoms with van der Waals surface area (Å²) in [4.78, 5) is 42.3. The molecule has 9 heteroatoms. The highest BCUT2D eigenvalue weighted by molar-refractivity contribution is 6.04. The zero-order chi connectivity index (χ0) is 24.9. The molecule has 1 aromatic heterocycles. The van der Waals surface area contributed by atoms with Gasteiger partial charge in [0, 0.05) is 10.9 Å². The lowest BCUT2D eigenvalue weighted by Gasteiger charge is -2.26. The second kappa shape index (κ2) is 10.3. The maximum Gasteiger partial charge on any atom is 0.339 e. The van der Waals surface area contributed by atoms with E-state index in [1.54, 1.807) is 33.1 Å². The van der Waals surface area contributed by atoms with Gasteiger partial charge in [0.1, 0.15) is 12.4 Å². The van der Waals surface area contributed by atoms with Gasteiger partial charge in [-0.2, -0.15) is 0 Å². The molecule has 2 amide bonds. The van der Waals surface area contributed by atoms with Crippen molar-refractivity contribution in [3.63, 3.8) is 0 Å². The Kier molecular flexibility index (Phi) is 6.96. The molecular formula is C26H25N3O6. The Hall–Kier alpha value is -4.40. The van der Waals surface area contributed by atoms with Crippen molar-refractivity contribution in [2.45, 2.75) is 19.9 Å². The van der Waals surface area contributed by atoms with Crippen molar-refractivity contribution in [3.05, 3.63) is 71.4 Å². The average Bonchev–Trinajstić information content (AvgIpc) is 2.86. The number of esters is 2. The number of pyridine rings is 1. The molecular weight excluding hydrogens is 450 g/mol. The first-order valence-corrected chi connectivity index (χ1v) is 11.1. The number of para-hydroxylation sites is 1. The van der Waals surface area contributed by atoms with Crippen LogP contribution in [0.4, 0.5) is 4.79 Å². The van der Waals surface area contributed by atoms with Crippen molar-refractivity contribution in [1.29, 1.82) is 0 Å². The van der Waals surface area contributed by atoms with Crippen LogP contribution < -0.4 is 15.4 Å². The molecule has 0 saturated heterocycles. The standard InChI is InChI=1S/C26H25N3O6/c1-4-34-25(31)23-15(2)27-26(32)29-22(23)14-35-24(30)19-13-21(16-9-11-17(33-3)12-10-16)28-20-8-6-5-7-18(19)20/h5-13,15H,4,14H2,1-3H3,(H2,27,29,32)/t15-/m1/s1. The first kappa shape index (κ1) is 23.7. The minimum Gasteiger partial charge on any atom is -0.497 e. The highest BCUT2D eigenvalue weighted by Crippen LogP contribution is 2.27. The molecule has 2 aromatic carbocycles. The SMILES string of the molecule is CCOC(=O)C1=C(COC(=O)c2cc(-c3ccc(OC)cc3)nc3ccccc23)NC(=O)N[C@@H]1C. The zero-order valence-electron chi connectivity index (χ0n) is 19.6. The number of hydrogen-bond acceptors (Lipinski definition) is 7. The van der Waals surface area contributed by atoms with E-state index in [0.29, 0.717) is 27.9 Å². The number of ether oxygens (including phenoxy) is 3. The minimum absolute atomic E-state index is 0.174. The Morgan fingerprint density at radius 3 is 2.49 bits per heavy atom. The van der Waals surface area contributed by atoms with Crippen LogP contribution in [0.15, 0.2) is 65.9 Å². The van der Waals surface area contributed by atoms with Gasteiger partial charge in [-0.05, 0) is 50.2 Å². The van der Waals surface area contributed by atoms with E-state index in [9.17, 15) is 14.4 Å². The molecule has 180 valence electrons. The van der Waals surface area contributed by atoms with E-state index in [1.165, 1.54) is 0 Å². The number of carbonyl (C=O) groups excluding carboxylic acids is 3. The van der Waals surface area contributed by atoms with Crippen molar-refractivity contribution < 1.29 is 28.6 Å². The number of urea groups is 1. The minimum atomic E-state index is -0.616. The van der Waals surface area contributed by atoms with Crippen molar-refractivity contribution in [2.75, 3.05) is 20.3 Å². The molecule has 4 rings (SSSR count). The van der Waals surface area contributed by atoms with Crippen LogP contribution in [0, 0.1) is 0 Å². The van der Waals surface area contributed by atoms with Gasteiger partial charge in [0.05, 0.1) is 47.8 Å². The quantitative estimate of drug-likeness (QED) is 0.502. The van der Waals surface area contributed by atoms with E-state index in [2.05, 4.69) is 15.6 Å². The molecule has 0 saturated carbocycles. The van der Waals surface area contributed by atoms with Gasteiger partial charge in [-0.3, -0.25) is 0 Å². The summed E-state index contributed by atoms with van der Waals surface area (Å²) in [5.74, 6) is -0.498. The van der Waals surface area contributed by atoms with Gasteiger partial charge >= 0.3 is 18.0 Å². The molecule has 0 unspecified atom stereocenters. The predicted molar refractivity (Wildman–Crippen MR) is 129 cm³/mol. The Morgan fingerprint density at radius 1 is 1.03 bits per heavy atom. The van der Waals surface area contributed by atoms with Gasteiger partial charge in [-0.25, -0.2) is 19.4 Å². The number of rotatable bonds is 7. The molecule has 35 heavy (non-hydrogen) atoms. The van der Waals surface area contributed by atoms with Crippen molar-refractivity contribution in [2.24, 2.45) is 0 Å². The maximum absolute atomic E-state index is 13.2. The smallest absolute Gasteiger partial charge is 0.339 e. The normalized spacial score (nSPS) is 15.3. The molecule has 0 radical (unpaired) electrons. The largest absolute Gasteiger partial charge is 0.497 e. The number of methoxy groups -OCH3 is 1. The summed E-state index contributed by atoms with van der Waals surface area (Å²) < 4.78 is 15.9. The van der Waals surface area contributed by atoms with E-state index in [-0.39, 0.29) is 24.5 Å². The van der Waals surface area contributed by atoms with Gasteiger partial charge in [-0.1, -0.05) is 18.2 Å². The number of aromatic nitrogens is 1. The molecule has 2 N–H and O–H groups in total. The number of hydrogen-bond donors (Lipinski definition) is 2. The summed E-state index contributed by atoms with van der Waals surface area (Å²) in [5.41, 5.74) is 2.72. The highest BCUT2D eigenvalue weighted by atomic mass is 16.5. The fourth-order valence-electron chi connectivity index (χ4n) is 3.86. The van der Waals surface area contributed by atoms with Gasteiger partial charge in [0.15, 0.2) is 0 Å². The van der Waals surface area contributed by atoms with E-state index >= 15 is 0 Å². The molecule has 9 nitrogen and oxygen atoms in total. The molecule has 0 bridgehead atoms. The topological polar surface area (TPSA) is 116 Å². The maximum atomic E-state index is 13.2. The summed E-state index contributed by atoms with van der Waals surface area (Å²) in [5, 5.41) is 5.79. The van der Waals surface area contributed by atoms with Crippen LogP contribution in [0.5, 0.6) is 5.75 Å².